The molecule has 0 spiro atoms. The molecule has 2 aromatic rings. The smallest absolute Gasteiger partial charge is 0.274 e. The van der Waals surface area contributed by atoms with Crippen LogP contribution < -0.4 is 5.32 Å². The predicted octanol–water partition coefficient (Wildman–Crippen LogP) is 0.540. The second-order valence-electron chi connectivity index (χ2n) is 5.44. The third-order valence-electron chi connectivity index (χ3n) is 3.98. The van der Waals surface area contributed by atoms with E-state index < -0.39 is 0 Å². The number of hydrogen-bond acceptors (Lipinski definition) is 4. The average molecular weight is 287 g/mol. The Labute approximate surface area is 124 Å². The molecule has 0 saturated carbocycles. The fourth-order valence-corrected chi connectivity index (χ4v) is 2.63. The molecule has 0 atom stereocenters. The van der Waals surface area contributed by atoms with Crippen molar-refractivity contribution in [3.05, 3.63) is 30.0 Å². The van der Waals surface area contributed by atoms with E-state index in [9.17, 15) is 4.79 Å². The Morgan fingerprint density at radius 3 is 2.90 bits per heavy atom. The van der Waals surface area contributed by atoms with Gasteiger partial charge in [0.25, 0.3) is 5.91 Å². The molecule has 2 N–H and O–H groups in total. The molecule has 3 rings (SSSR count). The molecule has 1 fully saturated rings. The molecule has 1 aromatic carbocycles. The summed E-state index contributed by atoms with van der Waals surface area (Å²) >= 11 is 0. The maximum Gasteiger partial charge on any atom is 0.274 e. The Morgan fingerprint density at radius 1 is 1.33 bits per heavy atom. The van der Waals surface area contributed by atoms with Crippen LogP contribution >= 0.6 is 0 Å². The minimum Gasteiger partial charge on any atom is -0.339 e. The van der Waals surface area contributed by atoms with Gasteiger partial charge in [0, 0.05) is 51.7 Å². The van der Waals surface area contributed by atoms with Gasteiger partial charge in [-0.1, -0.05) is 18.2 Å². The quantitative estimate of drug-likeness (QED) is 0.861. The van der Waals surface area contributed by atoms with Gasteiger partial charge in [-0.05, 0) is 6.07 Å². The van der Waals surface area contributed by atoms with E-state index in [2.05, 4.69) is 20.4 Å². The second kappa shape index (κ2) is 6.24. The van der Waals surface area contributed by atoms with Crippen molar-refractivity contribution >= 4 is 16.8 Å². The highest BCUT2D eigenvalue weighted by atomic mass is 16.2. The first-order valence-electron chi connectivity index (χ1n) is 7.37. The van der Waals surface area contributed by atoms with Gasteiger partial charge < -0.3 is 10.2 Å². The molecule has 6 heteroatoms. The highest BCUT2D eigenvalue weighted by Crippen LogP contribution is 2.16. The number of likely N-dealkylation sites (N-methyl/N-ethyl adjacent to an activating group) is 1. The summed E-state index contributed by atoms with van der Waals surface area (Å²) in [5.41, 5.74) is 1.41. The normalized spacial score (nSPS) is 16.2. The number of para-hydroxylation sites is 1. The van der Waals surface area contributed by atoms with Gasteiger partial charge in [-0.3, -0.25) is 14.8 Å². The highest BCUT2D eigenvalue weighted by Gasteiger charge is 2.19. The molecular formula is C15H21N5O. The molecular weight excluding hydrogens is 266 g/mol. The zero-order valence-electron chi connectivity index (χ0n) is 12.3. The molecule has 21 heavy (non-hydrogen) atoms. The summed E-state index contributed by atoms with van der Waals surface area (Å²) in [6, 6.07) is 7.72. The number of rotatable bonds is 4. The molecule has 0 radical (unpaired) electrons. The van der Waals surface area contributed by atoms with E-state index in [-0.39, 0.29) is 5.91 Å². The summed E-state index contributed by atoms with van der Waals surface area (Å²) in [6.45, 7) is 5.79. The molecule has 0 aliphatic carbocycles. The van der Waals surface area contributed by atoms with Gasteiger partial charge >= 0.3 is 0 Å². The molecule has 1 amide bonds. The van der Waals surface area contributed by atoms with Crippen molar-refractivity contribution in [1.82, 2.24) is 25.3 Å². The van der Waals surface area contributed by atoms with Crippen molar-refractivity contribution in [3.63, 3.8) is 0 Å². The maximum absolute atomic E-state index is 12.5. The molecule has 0 bridgehead atoms. The number of amides is 1. The largest absolute Gasteiger partial charge is 0.339 e. The summed E-state index contributed by atoms with van der Waals surface area (Å²) in [6.07, 6.45) is 0. The Hall–Kier alpha value is -1.92. The van der Waals surface area contributed by atoms with E-state index in [1.165, 1.54) is 0 Å². The van der Waals surface area contributed by atoms with Crippen LogP contribution in [0.2, 0.25) is 0 Å². The Balaban J connectivity index is 1.64. The number of aromatic nitrogens is 2. The van der Waals surface area contributed by atoms with Gasteiger partial charge in [-0.25, -0.2) is 0 Å². The monoisotopic (exact) mass is 287 g/mol. The third-order valence-corrected chi connectivity index (χ3v) is 3.98. The zero-order chi connectivity index (χ0) is 14.7. The molecule has 0 unspecified atom stereocenters. The number of nitrogens with one attached hydrogen (secondary N) is 2. The highest BCUT2D eigenvalue weighted by molar-refractivity contribution is 6.04. The standard InChI is InChI=1S/C15H21N5O/c1-19(10-11-20-8-6-16-7-9-20)15(21)14-12-4-2-3-5-13(12)17-18-14/h2-5,16H,6-11H2,1H3,(H,17,18). The Morgan fingerprint density at radius 2 is 2.10 bits per heavy atom. The fraction of sp³-hybridized carbons (Fsp3) is 0.467. The van der Waals surface area contributed by atoms with Crippen LogP contribution in [0.5, 0.6) is 0 Å². The van der Waals surface area contributed by atoms with Crippen molar-refractivity contribution in [1.29, 1.82) is 0 Å². The summed E-state index contributed by atoms with van der Waals surface area (Å²) in [7, 11) is 1.84. The lowest BCUT2D eigenvalue weighted by Crippen LogP contribution is -2.46. The van der Waals surface area contributed by atoms with Crippen molar-refractivity contribution in [2.75, 3.05) is 46.3 Å². The number of piperazine rings is 1. The SMILES string of the molecule is CN(CCN1CCNCC1)C(=O)c1n[nH]c2ccccc12. The summed E-state index contributed by atoms with van der Waals surface area (Å²) in [5, 5.41) is 11.3. The number of aromatic amines is 1. The molecule has 1 aromatic heterocycles. The van der Waals surface area contributed by atoms with E-state index in [0.29, 0.717) is 5.69 Å². The van der Waals surface area contributed by atoms with Crippen LogP contribution in [0.25, 0.3) is 10.9 Å². The number of carbonyl (C=O) groups excluding carboxylic acids is 1. The van der Waals surface area contributed by atoms with Crippen molar-refractivity contribution < 1.29 is 4.79 Å². The summed E-state index contributed by atoms with van der Waals surface area (Å²) in [4.78, 5) is 16.6. The second-order valence-corrected chi connectivity index (χ2v) is 5.44. The minimum absolute atomic E-state index is 0.0254. The first-order chi connectivity index (χ1) is 10.3. The van der Waals surface area contributed by atoms with E-state index in [1.54, 1.807) is 4.90 Å². The fourth-order valence-electron chi connectivity index (χ4n) is 2.63. The van der Waals surface area contributed by atoms with Gasteiger partial charge in [0.2, 0.25) is 0 Å². The van der Waals surface area contributed by atoms with Gasteiger partial charge in [0.05, 0.1) is 5.52 Å². The predicted molar refractivity (Wildman–Crippen MR) is 82.4 cm³/mol. The summed E-state index contributed by atoms with van der Waals surface area (Å²) in [5.74, 6) is -0.0254. The number of benzene rings is 1. The lowest BCUT2D eigenvalue weighted by molar-refractivity contribution is 0.0771. The van der Waals surface area contributed by atoms with Crippen LogP contribution in [-0.4, -0.2) is 72.2 Å². The number of hydrogen-bond donors (Lipinski definition) is 2. The van der Waals surface area contributed by atoms with Crippen LogP contribution in [0.4, 0.5) is 0 Å². The van der Waals surface area contributed by atoms with Crippen LogP contribution in [0.1, 0.15) is 10.5 Å². The lowest BCUT2D eigenvalue weighted by atomic mass is 10.2. The Bertz CT molecular complexity index is 617. The average Bonchev–Trinajstić information content (AvgIpc) is 2.97. The van der Waals surface area contributed by atoms with Crippen LogP contribution in [0, 0.1) is 0 Å². The Kier molecular flexibility index (Phi) is 4.17. The number of fused-ring (bicyclic) bond motifs is 1. The number of nitrogens with zero attached hydrogens (tertiary/aromatic N) is 3. The van der Waals surface area contributed by atoms with Crippen LogP contribution in [-0.2, 0) is 0 Å². The van der Waals surface area contributed by atoms with Crippen molar-refractivity contribution in [2.24, 2.45) is 0 Å². The van der Waals surface area contributed by atoms with Gasteiger partial charge in [-0.2, -0.15) is 5.10 Å². The third kappa shape index (κ3) is 3.06. The molecule has 6 nitrogen and oxygen atoms in total. The van der Waals surface area contributed by atoms with E-state index in [1.807, 2.05) is 31.3 Å². The first kappa shape index (κ1) is 14.0. The van der Waals surface area contributed by atoms with E-state index in [0.717, 1.165) is 50.2 Å². The summed E-state index contributed by atoms with van der Waals surface area (Å²) < 4.78 is 0. The van der Waals surface area contributed by atoms with Gasteiger partial charge in [0.1, 0.15) is 0 Å². The molecule has 2 heterocycles. The minimum atomic E-state index is -0.0254. The van der Waals surface area contributed by atoms with E-state index in [4.69, 9.17) is 0 Å². The maximum atomic E-state index is 12.5. The number of carbonyl (C=O) groups is 1. The van der Waals surface area contributed by atoms with E-state index >= 15 is 0 Å². The van der Waals surface area contributed by atoms with Crippen LogP contribution in [0.3, 0.4) is 0 Å². The van der Waals surface area contributed by atoms with Gasteiger partial charge in [-0.15, -0.1) is 0 Å². The lowest BCUT2D eigenvalue weighted by Gasteiger charge is -2.28. The zero-order valence-corrected chi connectivity index (χ0v) is 12.3. The molecule has 1 aliphatic rings. The van der Waals surface area contributed by atoms with Crippen molar-refractivity contribution in [3.8, 4) is 0 Å². The number of H-pyrrole nitrogens is 1. The molecule has 112 valence electrons. The van der Waals surface area contributed by atoms with Gasteiger partial charge in [0.15, 0.2) is 5.69 Å². The molecule has 1 saturated heterocycles. The first-order valence-corrected chi connectivity index (χ1v) is 7.37. The molecule has 1 aliphatic heterocycles. The topological polar surface area (TPSA) is 64.3 Å². The van der Waals surface area contributed by atoms with Crippen LogP contribution in [0.15, 0.2) is 24.3 Å². The van der Waals surface area contributed by atoms with Crippen molar-refractivity contribution in [2.45, 2.75) is 0 Å².